The normalized spacial score (nSPS) is 10.7. The van der Waals surface area contributed by atoms with Gasteiger partial charge in [-0.05, 0) is 30.7 Å². The Hall–Kier alpha value is -1.88. The van der Waals surface area contributed by atoms with E-state index in [2.05, 4.69) is 4.98 Å². The average Bonchev–Trinajstić information content (AvgIpc) is 2.75. The zero-order chi connectivity index (χ0) is 13.8. The fourth-order valence-corrected chi connectivity index (χ4v) is 2.03. The lowest BCUT2D eigenvalue weighted by molar-refractivity contribution is 0.617. The maximum Gasteiger partial charge on any atom is 0.146 e. The molecule has 0 aliphatic heterocycles. The largest absolute Gasteiger partial charge is 0.365 e. The number of hydrogen-bond acceptors (Lipinski definition) is 3. The molecule has 4 nitrogen and oxygen atoms in total. The van der Waals surface area contributed by atoms with Gasteiger partial charge >= 0.3 is 0 Å². The van der Waals surface area contributed by atoms with Crippen LogP contribution in [-0.2, 0) is 20.0 Å². The van der Waals surface area contributed by atoms with Crippen molar-refractivity contribution in [3.05, 3.63) is 47.8 Å². The number of aromatic nitrogens is 2. The van der Waals surface area contributed by atoms with Gasteiger partial charge < -0.3 is 15.2 Å². The smallest absolute Gasteiger partial charge is 0.146 e. The van der Waals surface area contributed by atoms with Crippen LogP contribution in [0.25, 0.3) is 0 Å². The van der Waals surface area contributed by atoms with Gasteiger partial charge in [-0.25, -0.2) is 9.37 Å². The standard InChI is InChI=1S/C14H19FN4/c1-18-8-7-17-14(18)10-19(2)13-4-3-11(5-6-16)9-12(13)15/h3-4,7-9H,5-6,10,16H2,1-2H3. The van der Waals surface area contributed by atoms with E-state index in [1.165, 1.54) is 0 Å². The van der Waals surface area contributed by atoms with Gasteiger partial charge in [-0.1, -0.05) is 6.07 Å². The molecule has 0 bridgehead atoms. The molecule has 0 saturated heterocycles. The minimum Gasteiger partial charge on any atom is -0.365 e. The van der Waals surface area contributed by atoms with Crippen molar-refractivity contribution in [1.82, 2.24) is 9.55 Å². The molecular formula is C14H19FN4. The first-order valence-corrected chi connectivity index (χ1v) is 6.27. The van der Waals surface area contributed by atoms with Crippen molar-refractivity contribution < 1.29 is 4.39 Å². The molecule has 0 radical (unpaired) electrons. The van der Waals surface area contributed by atoms with Crippen LogP contribution in [0, 0.1) is 5.82 Å². The summed E-state index contributed by atoms with van der Waals surface area (Å²) in [5.74, 6) is 0.676. The van der Waals surface area contributed by atoms with Crippen LogP contribution in [0.5, 0.6) is 0 Å². The number of nitrogens with two attached hydrogens (primary N) is 1. The van der Waals surface area contributed by atoms with E-state index in [0.717, 1.165) is 11.4 Å². The zero-order valence-corrected chi connectivity index (χ0v) is 11.3. The summed E-state index contributed by atoms with van der Waals surface area (Å²) in [6.07, 6.45) is 4.31. The van der Waals surface area contributed by atoms with Crippen molar-refractivity contribution in [2.24, 2.45) is 12.8 Å². The second-order valence-corrected chi connectivity index (χ2v) is 4.63. The molecular weight excluding hydrogens is 243 g/mol. The Kier molecular flexibility index (Phi) is 4.16. The first kappa shape index (κ1) is 13.5. The van der Waals surface area contributed by atoms with E-state index in [1.807, 2.05) is 35.8 Å². The lowest BCUT2D eigenvalue weighted by Gasteiger charge is -2.20. The van der Waals surface area contributed by atoms with Gasteiger partial charge in [-0.2, -0.15) is 0 Å². The van der Waals surface area contributed by atoms with E-state index in [1.54, 1.807) is 18.3 Å². The first-order valence-electron chi connectivity index (χ1n) is 6.27. The van der Waals surface area contributed by atoms with Gasteiger partial charge in [-0.15, -0.1) is 0 Å². The molecule has 0 aliphatic carbocycles. The Labute approximate surface area is 112 Å². The molecule has 19 heavy (non-hydrogen) atoms. The van der Waals surface area contributed by atoms with Crippen LogP contribution in [0.2, 0.25) is 0 Å². The molecule has 2 aromatic rings. The van der Waals surface area contributed by atoms with Gasteiger partial charge in [0, 0.05) is 26.5 Å². The van der Waals surface area contributed by atoms with E-state index >= 15 is 0 Å². The van der Waals surface area contributed by atoms with Crippen LogP contribution in [0.1, 0.15) is 11.4 Å². The van der Waals surface area contributed by atoms with Crippen LogP contribution in [0.3, 0.4) is 0 Å². The maximum atomic E-state index is 14.0. The van der Waals surface area contributed by atoms with Gasteiger partial charge in [0.2, 0.25) is 0 Å². The van der Waals surface area contributed by atoms with Crippen molar-refractivity contribution in [2.75, 3.05) is 18.5 Å². The number of benzene rings is 1. The fraction of sp³-hybridized carbons (Fsp3) is 0.357. The third kappa shape index (κ3) is 3.12. The average molecular weight is 262 g/mol. The molecule has 0 fully saturated rings. The lowest BCUT2D eigenvalue weighted by atomic mass is 10.1. The molecule has 0 amide bonds. The molecule has 2 rings (SSSR count). The number of hydrogen-bond donors (Lipinski definition) is 1. The highest BCUT2D eigenvalue weighted by Crippen LogP contribution is 2.21. The molecule has 5 heteroatoms. The molecule has 0 unspecified atom stereocenters. The van der Waals surface area contributed by atoms with Gasteiger partial charge in [0.1, 0.15) is 11.6 Å². The van der Waals surface area contributed by atoms with Crippen LogP contribution < -0.4 is 10.6 Å². The second-order valence-electron chi connectivity index (χ2n) is 4.63. The van der Waals surface area contributed by atoms with Crippen molar-refractivity contribution in [3.8, 4) is 0 Å². The number of rotatable bonds is 5. The summed E-state index contributed by atoms with van der Waals surface area (Å²) in [7, 11) is 3.78. The fourth-order valence-electron chi connectivity index (χ4n) is 2.03. The number of aryl methyl sites for hydroxylation is 1. The monoisotopic (exact) mass is 262 g/mol. The summed E-state index contributed by atoms with van der Waals surface area (Å²) in [5, 5.41) is 0. The van der Waals surface area contributed by atoms with Crippen LogP contribution in [-0.4, -0.2) is 23.1 Å². The van der Waals surface area contributed by atoms with E-state index in [9.17, 15) is 4.39 Å². The van der Waals surface area contributed by atoms with Gasteiger partial charge in [0.25, 0.3) is 0 Å². The summed E-state index contributed by atoms with van der Waals surface area (Å²) in [5.41, 5.74) is 6.97. The molecule has 0 saturated carbocycles. The van der Waals surface area contributed by atoms with Gasteiger partial charge in [-0.3, -0.25) is 0 Å². The summed E-state index contributed by atoms with van der Waals surface area (Å²) >= 11 is 0. The summed E-state index contributed by atoms with van der Waals surface area (Å²) in [4.78, 5) is 6.09. The topological polar surface area (TPSA) is 47.1 Å². The van der Waals surface area contributed by atoms with Crippen LogP contribution in [0.4, 0.5) is 10.1 Å². The first-order chi connectivity index (χ1) is 9.11. The Bertz CT molecular complexity index is 550. The lowest BCUT2D eigenvalue weighted by Crippen LogP contribution is -2.20. The highest BCUT2D eigenvalue weighted by Gasteiger charge is 2.10. The molecule has 1 aromatic carbocycles. The molecule has 1 aromatic heterocycles. The zero-order valence-electron chi connectivity index (χ0n) is 11.3. The van der Waals surface area contributed by atoms with Crippen LogP contribution >= 0.6 is 0 Å². The minimum atomic E-state index is -0.220. The van der Waals surface area contributed by atoms with Crippen LogP contribution in [0.15, 0.2) is 30.6 Å². The van der Waals surface area contributed by atoms with Crippen molar-refractivity contribution in [2.45, 2.75) is 13.0 Å². The maximum absolute atomic E-state index is 14.0. The third-order valence-electron chi connectivity index (χ3n) is 3.16. The predicted octanol–water partition coefficient (Wildman–Crippen LogP) is 1.70. The summed E-state index contributed by atoms with van der Waals surface area (Å²) in [6, 6.07) is 5.26. The Balaban J connectivity index is 2.15. The number of nitrogens with zero attached hydrogens (tertiary/aromatic N) is 3. The third-order valence-corrected chi connectivity index (χ3v) is 3.16. The number of imidazole rings is 1. The van der Waals surface area contributed by atoms with E-state index in [0.29, 0.717) is 25.2 Å². The van der Waals surface area contributed by atoms with Crippen molar-refractivity contribution in [3.63, 3.8) is 0 Å². The second kappa shape index (κ2) is 5.84. The SMILES string of the molecule is CN(Cc1nccn1C)c1ccc(CCN)cc1F. The van der Waals surface area contributed by atoms with E-state index in [4.69, 9.17) is 5.73 Å². The molecule has 102 valence electrons. The van der Waals surface area contributed by atoms with E-state index < -0.39 is 0 Å². The van der Waals surface area contributed by atoms with Gasteiger partial charge in [0.15, 0.2) is 0 Å². The van der Waals surface area contributed by atoms with Crippen molar-refractivity contribution in [1.29, 1.82) is 0 Å². The molecule has 0 spiro atoms. The molecule has 2 N–H and O–H groups in total. The Morgan fingerprint density at radius 2 is 2.21 bits per heavy atom. The summed E-state index contributed by atoms with van der Waals surface area (Å²) < 4.78 is 16.0. The molecule has 1 heterocycles. The quantitative estimate of drug-likeness (QED) is 0.892. The van der Waals surface area contributed by atoms with E-state index in [-0.39, 0.29) is 5.82 Å². The Morgan fingerprint density at radius 3 is 2.79 bits per heavy atom. The Morgan fingerprint density at radius 1 is 1.42 bits per heavy atom. The molecule has 0 aliphatic rings. The highest BCUT2D eigenvalue weighted by atomic mass is 19.1. The summed E-state index contributed by atoms with van der Waals surface area (Å²) in [6.45, 7) is 1.10. The highest BCUT2D eigenvalue weighted by molar-refractivity contribution is 5.48. The number of halogens is 1. The minimum absolute atomic E-state index is 0.220. The predicted molar refractivity (Wildman–Crippen MR) is 74.5 cm³/mol. The van der Waals surface area contributed by atoms with Gasteiger partial charge in [0.05, 0.1) is 12.2 Å². The van der Waals surface area contributed by atoms with Crippen molar-refractivity contribution >= 4 is 5.69 Å². The number of anilines is 1. The molecule has 0 atom stereocenters.